The number of nitrogen functional groups attached to an aromatic ring is 2. The quantitative estimate of drug-likeness (QED) is 0.766. The summed E-state index contributed by atoms with van der Waals surface area (Å²) in [7, 11) is 0. The molecule has 1 aromatic carbocycles. The lowest BCUT2D eigenvalue weighted by molar-refractivity contribution is 0.524. The first-order valence-corrected chi connectivity index (χ1v) is 6.59. The van der Waals surface area contributed by atoms with Crippen LogP contribution in [0.1, 0.15) is 63.1 Å². The highest BCUT2D eigenvalue weighted by Gasteiger charge is 2.34. The van der Waals surface area contributed by atoms with Crippen LogP contribution in [0.3, 0.4) is 0 Å². The molecule has 2 rings (SSSR count). The van der Waals surface area contributed by atoms with Crippen LogP contribution < -0.4 is 11.5 Å². The molecule has 0 aromatic heterocycles. The maximum Gasteiger partial charge on any atom is 0.0375 e. The van der Waals surface area contributed by atoms with Gasteiger partial charge in [-0.3, -0.25) is 0 Å². The van der Waals surface area contributed by atoms with Crippen LogP contribution >= 0.6 is 0 Å². The molecule has 0 fully saturated rings. The minimum atomic E-state index is 0.204. The Labute approximate surface area is 104 Å². The van der Waals surface area contributed by atoms with E-state index >= 15 is 0 Å². The molecule has 2 heteroatoms. The normalized spacial score (nSPS) is 19.1. The van der Waals surface area contributed by atoms with E-state index in [4.69, 9.17) is 11.5 Å². The number of hydrogen-bond acceptors (Lipinski definition) is 2. The van der Waals surface area contributed by atoms with E-state index < -0.39 is 0 Å². The second kappa shape index (κ2) is 3.94. The van der Waals surface area contributed by atoms with Gasteiger partial charge in [-0.05, 0) is 53.4 Å². The van der Waals surface area contributed by atoms with E-state index in [2.05, 4.69) is 27.7 Å². The van der Waals surface area contributed by atoms with E-state index in [0.717, 1.165) is 24.2 Å². The molecule has 0 spiro atoms. The fourth-order valence-corrected chi connectivity index (χ4v) is 3.21. The van der Waals surface area contributed by atoms with E-state index in [1.54, 1.807) is 0 Å². The fourth-order valence-electron chi connectivity index (χ4n) is 3.21. The predicted octanol–water partition coefficient (Wildman–Crippen LogP) is 3.59. The summed E-state index contributed by atoms with van der Waals surface area (Å²) in [6.45, 7) is 9.04. The lowest BCUT2D eigenvalue weighted by Crippen LogP contribution is -2.16. The minimum Gasteiger partial charge on any atom is -0.398 e. The van der Waals surface area contributed by atoms with Crippen molar-refractivity contribution in [2.75, 3.05) is 11.5 Å². The maximum absolute atomic E-state index is 6.18. The highest BCUT2D eigenvalue weighted by Crippen LogP contribution is 2.47. The Hall–Kier alpha value is -1.18. The van der Waals surface area contributed by atoms with Crippen molar-refractivity contribution < 1.29 is 0 Å². The molecule has 0 saturated carbocycles. The van der Waals surface area contributed by atoms with Crippen molar-refractivity contribution in [3.8, 4) is 0 Å². The summed E-state index contributed by atoms with van der Waals surface area (Å²) in [5.41, 5.74) is 18.5. The van der Waals surface area contributed by atoms with Crippen LogP contribution in [0, 0.1) is 0 Å². The predicted molar refractivity (Wildman–Crippen MR) is 75.3 cm³/mol. The summed E-state index contributed by atoms with van der Waals surface area (Å²) in [6.07, 6.45) is 3.43. The Morgan fingerprint density at radius 3 is 2.53 bits per heavy atom. The third-order valence-electron chi connectivity index (χ3n) is 4.32. The average Bonchev–Trinajstić information content (AvgIpc) is 2.54. The van der Waals surface area contributed by atoms with Crippen LogP contribution in [0.15, 0.2) is 6.07 Å². The minimum absolute atomic E-state index is 0.204. The van der Waals surface area contributed by atoms with Gasteiger partial charge in [-0.25, -0.2) is 0 Å². The van der Waals surface area contributed by atoms with E-state index in [9.17, 15) is 0 Å². The molecule has 0 saturated heterocycles. The molecule has 0 amide bonds. The van der Waals surface area contributed by atoms with E-state index in [-0.39, 0.29) is 5.41 Å². The van der Waals surface area contributed by atoms with Gasteiger partial charge in [-0.15, -0.1) is 0 Å². The summed E-state index contributed by atoms with van der Waals surface area (Å²) in [5, 5.41) is 0. The zero-order chi connectivity index (χ0) is 12.8. The largest absolute Gasteiger partial charge is 0.398 e. The first kappa shape index (κ1) is 12.3. The van der Waals surface area contributed by atoms with E-state index in [1.165, 1.54) is 23.1 Å². The molecule has 94 valence electrons. The van der Waals surface area contributed by atoms with Gasteiger partial charge in [0.1, 0.15) is 0 Å². The highest BCUT2D eigenvalue weighted by atomic mass is 14.6. The Kier molecular flexibility index (Phi) is 2.84. The van der Waals surface area contributed by atoms with Crippen LogP contribution in [0.4, 0.5) is 11.4 Å². The number of hydrogen-bond donors (Lipinski definition) is 2. The number of nitrogens with two attached hydrogens (primary N) is 2. The van der Waals surface area contributed by atoms with E-state index in [0.29, 0.717) is 5.92 Å². The summed E-state index contributed by atoms with van der Waals surface area (Å²) in [4.78, 5) is 0. The van der Waals surface area contributed by atoms with Gasteiger partial charge < -0.3 is 11.5 Å². The molecule has 1 aromatic rings. The molecular formula is C15H24N2. The van der Waals surface area contributed by atoms with Crippen molar-refractivity contribution in [3.63, 3.8) is 0 Å². The second-order valence-corrected chi connectivity index (χ2v) is 6.02. The molecule has 4 N–H and O–H groups in total. The lowest BCUT2D eigenvalue weighted by Gasteiger charge is -2.24. The molecule has 1 aliphatic rings. The van der Waals surface area contributed by atoms with Gasteiger partial charge in [-0.1, -0.05) is 27.7 Å². The van der Waals surface area contributed by atoms with Crippen molar-refractivity contribution in [1.82, 2.24) is 0 Å². The maximum atomic E-state index is 6.18. The van der Waals surface area contributed by atoms with E-state index in [1.807, 2.05) is 6.07 Å². The molecule has 0 bridgehead atoms. The third-order valence-corrected chi connectivity index (χ3v) is 4.32. The summed E-state index contributed by atoms with van der Waals surface area (Å²) < 4.78 is 0. The van der Waals surface area contributed by atoms with Crippen molar-refractivity contribution in [2.45, 2.75) is 58.3 Å². The van der Waals surface area contributed by atoms with Gasteiger partial charge in [0.25, 0.3) is 0 Å². The highest BCUT2D eigenvalue weighted by molar-refractivity contribution is 5.69. The van der Waals surface area contributed by atoms with Crippen LogP contribution in [0.25, 0.3) is 0 Å². The first-order chi connectivity index (χ1) is 7.88. The first-order valence-electron chi connectivity index (χ1n) is 6.59. The van der Waals surface area contributed by atoms with Gasteiger partial charge in [0.05, 0.1) is 0 Å². The summed E-state index contributed by atoms with van der Waals surface area (Å²) in [6, 6.07) is 1.97. The molecule has 0 heterocycles. The van der Waals surface area contributed by atoms with Crippen molar-refractivity contribution in [3.05, 3.63) is 22.8 Å². The van der Waals surface area contributed by atoms with Gasteiger partial charge in [0, 0.05) is 11.4 Å². The Balaban J connectivity index is 2.68. The summed E-state index contributed by atoms with van der Waals surface area (Å²) >= 11 is 0. The molecule has 0 radical (unpaired) electrons. The molecule has 1 unspecified atom stereocenters. The van der Waals surface area contributed by atoms with Crippen molar-refractivity contribution in [1.29, 1.82) is 0 Å². The molecule has 1 atom stereocenters. The number of benzene rings is 1. The van der Waals surface area contributed by atoms with Crippen molar-refractivity contribution >= 4 is 11.4 Å². The molecular weight excluding hydrogens is 208 g/mol. The molecule has 2 nitrogen and oxygen atoms in total. The van der Waals surface area contributed by atoms with Gasteiger partial charge in [0.2, 0.25) is 0 Å². The van der Waals surface area contributed by atoms with Gasteiger partial charge in [-0.2, -0.15) is 0 Å². The summed E-state index contributed by atoms with van der Waals surface area (Å²) in [5.74, 6) is 0.526. The average molecular weight is 232 g/mol. The Bertz CT molecular complexity index is 447. The van der Waals surface area contributed by atoms with Gasteiger partial charge in [0.15, 0.2) is 0 Å². The standard InChI is InChI=1S/C15H24N2/c1-5-9(2)13-10-6-7-15(3,4)14(10)12(17)8-11(13)16/h8-9H,5-7,16-17H2,1-4H3. The Morgan fingerprint density at radius 1 is 1.29 bits per heavy atom. The van der Waals surface area contributed by atoms with Crippen LogP contribution in [0.2, 0.25) is 0 Å². The number of rotatable bonds is 2. The SMILES string of the molecule is CCC(C)c1c(N)cc(N)c2c1CCC2(C)C. The monoisotopic (exact) mass is 232 g/mol. The third kappa shape index (κ3) is 1.80. The lowest BCUT2D eigenvalue weighted by atomic mass is 9.82. The fraction of sp³-hybridized carbons (Fsp3) is 0.600. The molecule has 0 aliphatic heterocycles. The van der Waals surface area contributed by atoms with Crippen molar-refractivity contribution in [2.24, 2.45) is 0 Å². The zero-order valence-electron chi connectivity index (χ0n) is 11.4. The Morgan fingerprint density at radius 2 is 1.94 bits per heavy atom. The second-order valence-electron chi connectivity index (χ2n) is 6.02. The van der Waals surface area contributed by atoms with Crippen LogP contribution in [-0.2, 0) is 11.8 Å². The zero-order valence-corrected chi connectivity index (χ0v) is 11.4. The van der Waals surface area contributed by atoms with Crippen LogP contribution in [0.5, 0.6) is 0 Å². The number of fused-ring (bicyclic) bond motifs is 1. The van der Waals surface area contributed by atoms with Gasteiger partial charge >= 0.3 is 0 Å². The van der Waals surface area contributed by atoms with Crippen LogP contribution in [-0.4, -0.2) is 0 Å². The molecule has 17 heavy (non-hydrogen) atoms. The topological polar surface area (TPSA) is 52.0 Å². The molecule has 1 aliphatic carbocycles. The number of anilines is 2. The smallest absolute Gasteiger partial charge is 0.0375 e.